The second kappa shape index (κ2) is 7.07. The van der Waals surface area contributed by atoms with Crippen LogP contribution in [-0.4, -0.2) is 13.2 Å². The molecule has 15 heavy (non-hydrogen) atoms. The van der Waals surface area contributed by atoms with E-state index in [4.69, 9.17) is 4.74 Å². The van der Waals surface area contributed by atoms with Crippen LogP contribution in [-0.2, 0) is 6.54 Å². The minimum atomic E-state index is 0.712. The molecule has 2 heteroatoms. The summed E-state index contributed by atoms with van der Waals surface area (Å²) < 4.78 is 5.53. The van der Waals surface area contributed by atoms with E-state index in [1.165, 1.54) is 5.56 Å². The maximum atomic E-state index is 5.53. The van der Waals surface area contributed by atoms with Gasteiger partial charge in [0, 0.05) is 12.1 Å². The maximum absolute atomic E-state index is 5.53. The average molecular weight is 205 g/mol. The van der Waals surface area contributed by atoms with Crippen LogP contribution >= 0.6 is 0 Å². The van der Waals surface area contributed by atoms with Gasteiger partial charge >= 0.3 is 0 Å². The summed E-state index contributed by atoms with van der Waals surface area (Å²) in [7, 11) is 0. The summed E-state index contributed by atoms with van der Waals surface area (Å²) in [5.41, 5.74) is 1.21. The summed E-state index contributed by atoms with van der Waals surface area (Å²) >= 11 is 0. The Morgan fingerprint density at radius 2 is 2.20 bits per heavy atom. The zero-order chi connectivity index (χ0) is 10.9. The fraction of sp³-hybridized carbons (Fsp3) is 0.385. The van der Waals surface area contributed by atoms with Gasteiger partial charge in [-0.1, -0.05) is 24.3 Å². The Balaban J connectivity index is 2.47. The molecule has 1 aromatic carbocycles. The highest BCUT2D eigenvalue weighted by Crippen LogP contribution is 2.17. The highest BCUT2D eigenvalue weighted by Gasteiger charge is 2.00. The molecule has 0 aromatic heterocycles. The highest BCUT2D eigenvalue weighted by molar-refractivity contribution is 5.33. The molecular formula is C13H19NO. The molecule has 0 saturated carbocycles. The van der Waals surface area contributed by atoms with E-state index >= 15 is 0 Å². The van der Waals surface area contributed by atoms with Crippen molar-refractivity contribution in [3.63, 3.8) is 0 Å². The Bertz CT molecular complexity index is 296. The molecule has 0 bridgehead atoms. The van der Waals surface area contributed by atoms with Gasteiger partial charge in [-0.2, -0.15) is 0 Å². The van der Waals surface area contributed by atoms with Crippen LogP contribution in [0.25, 0.3) is 0 Å². The van der Waals surface area contributed by atoms with E-state index in [0.29, 0.717) is 6.61 Å². The largest absolute Gasteiger partial charge is 0.494 e. The molecule has 0 atom stereocenters. The van der Waals surface area contributed by atoms with Gasteiger partial charge in [-0.3, -0.25) is 0 Å². The van der Waals surface area contributed by atoms with Crippen LogP contribution in [0, 0.1) is 0 Å². The van der Waals surface area contributed by atoms with E-state index in [2.05, 4.69) is 18.0 Å². The number of para-hydroxylation sites is 1. The summed E-state index contributed by atoms with van der Waals surface area (Å²) in [5.74, 6) is 0.978. The SMILES string of the molecule is C=CCCNCc1ccccc1OCC. The molecule has 0 spiro atoms. The van der Waals surface area contributed by atoms with Crippen molar-refractivity contribution in [2.75, 3.05) is 13.2 Å². The Kier molecular flexibility index (Phi) is 5.56. The normalized spacial score (nSPS) is 9.93. The second-order valence-electron chi connectivity index (χ2n) is 3.29. The van der Waals surface area contributed by atoms with E-state index in [1.807, 2.05) is 31.2 Å². The van der Waals surface area contributed by atoms with Crippen LogP contribution in [0.5, 0.6) is 5.75 Å². The summed E-state index contributed by atoms with van der Waals surface area (Å²) in [6.45, 7) is 8.21. The average Bonchev–Trinajstić information content (AvgIpc) is 2.27. The Morgan fingerprint density at radius 1 is 1.40 bits per heavy atom. The lowest BCUT2D eigenvalue weighted by molar-refractivity contribution is 0.335. The third kappa shape index (κ3) is 4.17. The lowest BCUT2D eigenvalue weighted by atomic mass is 10.2. The predicted octanol–water partition coefficient (Wildman–Crippen LogP) is 2.75. The van der Waals surface area contributed by atoms with E-state index in [1.54, 1.807) is 0 Å². The molecule has 0 fully saturated rings. The molecule has 1 rings (SSSR count). The molecule has 0 saturated heterocycles. The van der Waals surface area contributed by atoms with Gasteiger partial charge in [0.15, 0.2) is 0 Å². The van der Waals surface area contributed by atoms with Gasteiger partial charge in [-0.05, 0) is 26.0 Å². The van der Waals surface area contributed by atoms with Crippen LogP contribution < -0.4 is 10.1 Å². The first-order valence-corrected chi connectivity index (χ1v) is 5.40. The topological polar surface area (TPSA) is 21.3 Å². The predicted molar refractivity (Wildman–Crippen MR) is 64.1 cm³/mol. The Hall–Kier alpha value is -1.28. The lowest BCUT2D eigenvalue weighted by Crippen LogP contribution is -2.14. The van der Waals surface area contributed by atoms with Crippen molar-refractivity contribution in [3.8, 4) is 5.75 Å². The van der Waals surface area contributed by atoms with Gasteiger partial charge in [0.25, 0.3) is 0 Å². The molecule has 0 aliphatic carbocycles. The number of hydrogen-bond donors (Lipinski definition) is 1. The molecule has 0 aliphatic heterocycles. The quantitative estimate of drug-likeness (QED) is 0.546. The molecule has 82 valence electrons. The zero-order valence-corrected chi connectivity index (χ0v) is 9.33. The first kappa shape index (κ1) is 11.8. The number of benzene rings is 1. The Labute approximate surface area is 92.0 Å². The number of nitrogens with one attached hydrogen (secondary N) is 1. The molecule has 0 aliphatic rings. The summed E-state index contributed by atoms with van der Waals surface area (Å²) in [4.78, 5) is 0. The van der Waals surface area contributed by atoms with Crippen molar-refractivity contribution in [1.29, 1.82) is 0 Å². The molecule has 1 N–H and O–H groups in total. The molecule has 1 aromatic rings. The molecule has 0 radical (unpaired) electrons. The van der Waals surface area contributed by atoms with Crippen LogP contribution in [0.15, 0.2) is 36.9 Å². The van der Waals surface area contributed by atoms with Gasteiger partial charge < -0.3 is 10.1 Å². The van der Waals surface area contributed by atoms with Gasteiger partial charge in [0.2, 0.25) is 0 Å². The molecular weight excluding hydrogens is 186 g/mol. The van der Waals surface area contributed by atoms with E-state index in [9.17, 15) is 0 Å². The van der Waals surface area contributed by atoms with Crippen LogP contribution in [0.3, 0.4) is 0 Å². The van der Waals surface area contributed by atoms with Gasteiger partial charge in [0.05, 0.1) is 6.61 Å². The fourth-order valence-electron chi connectivity index (χ4n) is 1.37. The van der Waals surface area contributed by atoms with Gasteiger partial charge in [-0.25, -0.2) is 0 Å². The van der Waals surface area contributed by atoms with Crippen molar-refractivity contribution in [1.82, 2.24) is 5.32 Å². The summed E-state index contributed by atoms with van der Waals surface area (Å²) in [5, 5.41) is 3.35. The van der Waals surface area contributed by atoms with E-state index in [0.717, 1.165) is 25.3 Å². The second-order valence-corrected chi connectivity index (χ2v) is 3.29. The van der Waals surface area contributed by atoms with Crippen molar-refractivity contribution >= 4 is 0 Å². The first-order chi connectivity index (χ1) is 7.38. The zero-order valence-electron chi connectivity index (χ0n) is 9.33. The third-order valence-electron chi connectivity index (χ3n) is 2.11. The molecule has 2 nitrogen and oxygen atoms in total. The monoisotopic (exact) mass is 205 g/mol. The standard InChI is InChI=1S/C13H19NO/c1-3-5-10-14-11-12-8-6-7-9-13(12)15-4-2/h3,6-9,14H,1,4-5,10-11H2,2H3. The van der Waals surface area contributed by atoms with Crippen LogP contribution in [0.4, 0.5) is 0 Å². The lowest BCUT2D eigenvalue weighted by Gasteiger charge is -2.10. The maximum Gasteiger partial charge on any atom is 0.123 e. The highest BCUT2D eigenvalue weighted by atomic mass is 16.5. The van der Waals surface area contributed by atoms with Crippen molar-refractivity contribution in [2.24, 2.45) is 0 Å². The van der Waals surface area contributed by atoms with Crippen molar-refractivity contribution in [3.05, 3.63) is 42.5 Å². The number of rotatable bonds is 7. The Morgan fingerprint density at radius 3 is 2.93 bits per heavy atom. The third-order valence-corrected chi connectivity index (χ3v) is 2.11. The van der Waals surface area contributed by atoms with Crippen LogP contribution in [0.2, 0.25) is 0 Å². The smallest absolute Gasteiger partial charge is 0.123 e. The van der Waals surface area contributed by atoms with Crippen molar-refractivity contribution in [2.45, 2.75) is 19.9 Å². The van der Waals surface area contributed by atoms with Gasteiger partial charge in [-0.15, -0.1) is 6.58 Å². The van der Waals surface area contributed by atoms with Gasteiger partial charge in [0.1, 0.15) is 5.75 Å². The number of ether oxygens (including phenoxy) is 1. The number of hydrogen-bond acceptors (Lipinski definition) is 2. The van der Waals surface area contributed by atoms with Crippen molar-refractivity contribution < 1.29 is 4.74 Å². The minimum absolute atomic E-state index is 0.712. The van der Waals surface area contributed by atoms with E-state index in [-0.39, 0.29) is 0 Å². The molecule has 0 amide bonds. The molecule has 0 unspecified atom stereocenters. The molecule has 0 heterocycles. The summed E-state index contributed by atoms with van der Waals surface area (Å²) in [6, 6.07) is 8.13. The van der Waals surface area contributed by atoms with E-state index < -0.39 is 0 Å². The minimum Gasteiger partial charge on any atom is -0.494 e. The first-order valence-electron chi connectivity index (χ1n) is 5.40. The fourth-order valence-corrected chi connectivity index (χ4v) is 1.37. The van der Waals surface area contributed by atoms with Crippen LogP contribution in [0.1, 0.15) is 18.9 Å². The summed E-state index contributed by atoms with van der Waals surface area (Å²) in [6.07, 6.45) is 2.91.